The SMILES string of the molecule is NC1CCc2ccc3c(c21)CCCC3. The number of aryl methyl sites for hydroxylation is 2. The first-order chi connectivity index (χ1) is 6.86. The van der Waals surface area contributed by atoms with E-state index in [9.17, 15) is 0 Å². The van der Waals surface area contributed by atoms with Crippen molar-refractivity contribution in [3.63, 3.8) is 0 Å². The highest BCUT2D eigenvalue weighted by Gasteiger charge is 2.24. The molecule has 1 atom stereocenters. The summed E-state index contributed by atoms with van der Waals surface area (Å²) in [6, 6.07) is 4.98. The van der Waals surface area contributed by atoms with Gasteiger partial charge in [-0.1, -0.05) is 12.1 Å². The van der Waals surface area contributed by atoms with Crippen LogP contribution in [0.2, 0.25) is 0 Å². The normalized spacial score (nSPS) is 24.5. The summed E-state index contributed by atoms with van der Waals surface area (Å²) in [6.45, 7) is 0. The molecular weight excluding hydrogens is 170 g/mol. The largest absolute Gasteiger partial charge is 0.324 e. The van der Waals surface area contributed by atoms with Crippen LogP contribution in [0, 0.1) is 0 Å². The monoisotopic (exact) mass is 187 g/mol. The Morgan fingerprint density at radius 2 is 1.79 bits per heavy atom. The maximum atomic E-state index is 6.17. The maximum absolute atomic E-state index is 6.17. The summed E-state index contributed by atoms with van der Waals surface area (Å²) < 4.78 is 0. The average Bonchev–Trinajstić information content (AvgIpc) is 2.61. The van der Waals surface area contributed by atoms with Gasteiger partial charge in [-0.15, -0.1) is 0 Å². The summed E-state index contributed by atoms with van der Waals surface area (Å²) in [7, 11) is 0. The van der Waals surface area contributed by atoms with Gasteiger partial charge in [0, 0.05) is 6.04 Å². The lowest BCUT2D eigenvalue weighted by molar-refractivity contribution is 0.658. The molecule has 0 aromatic heterocycles. The van der Waals surface area contributed by atoms with Crippen LogP contribution in [0.3, 0.4) is 0 Å². The molecule has 2 aliphatic carbocycles. The van der Waals surface area contributed by atoms with Gasteiger partial charge in [-0.25, -0.2) is 0 Å². The van der Waals surface area contributed by atoms with Crippen molar-refractivity contribution in [3.8, 4) is 0 Å². The Morgan fingerprint density at radius 3 is 2.71 bits per heavy atom. The van der Waals surface area contributed by atoms with E-state index >= 15 is 0 Å². The predicted molar refractivity (Wildman–Crippen MR) is 58.3 cm³/mol. The maximum Gasteiger partial charge on any atom is 0.0303 e. The molecule has 0 fully saturated rings. The van der Waals surface area contributed by atoms with Crippen LogP contribution >= 0.6 is 0 Å². The molecule has 1 aromatic rings. The van der Waals surface area contributed by atoms with E-state index in [-0.39, 0.29) is 0 Å². The minimum absolute atomic E-state index is 0.332. The number of benzene rings is 1. The van der Waals surface area contributed by atoms with Crippen LogP contribution in [-0.4, -0.2) is 0 Å². The van der Waals surface area contributed by atoms with Gasteiger partial charge in [0.15, 0.2) is 0 Å². The Bertz CT molecular complexity index is 368. The van der Waals surface area contributed by atoms with Gasteiger partial charge in [0.1, 0.15) is 0 Å². The molecule has 14 heavy (non-hydrogen) atoms. The van der Waals surface area contributed by atoms with Crippen LogP contribution < -0.4 is 5.73 Å². The lowest BCUT2D eigenvalue weighted by Crippen LogP contribution is -2.12. The second-order valence-corrected chi connectivity index (χ2v) is 4.63. The van der Waals surface area contributed by atoms with E-state index in [1.807, 2.05) is 0 Å². The first-order valence-corrected chi connectivity index (χ1v) is 5.75. The van der Waals surface area contributed by atoms with Crippen molar-refractivity contribution >= 4 is 0 Å². The molecule has 1 heteroatoms. The van der Waals surface area contributed by atoms with Gasteiger partial charge in [-0.2, -0.15) is 0 Å². The molecule has 0 saturated carbocycles. The van der Waals surface area contributed by atoms with Gasteiger partial charge in [0.2, 0.25) is 0 Å². The van der Waals surface area contributed by atoms with Gasteiger partial charge < -0.3 is 5.73 Å². The van der Waals surface area contributed by atoms with E-state index in [2.05, 4.69) is 12.1 Å². The Kier molecular flexibility index (Phi) is 1.88. The Hall–Kier alpha value is -0.820. The summed E-state index contributed by atoms with van der Waals surface area (Å²) >= 11 is 0. The van der Waals surface area contributed by atoms with Gasteiger partial charge in [-0.3, -0.25) is 0 Å². The zero-order valence-corrected chi connectivity index (χ0v) is 8.55. The third-order valence-electron chi connectivity index (χ3n) is 3.76. The van der Waals surface area contributed by atoms with Crippen molar-refractivity contribution in [1.29, 1.82) is 0 Å². The molecule has 0 saturated heterocycles. The molecule has 1 aromatic carbocycles. The van der Waals surface area contributed by atoms with Gasteiger partial charge >= 0.3 is 0 Å². The van der Waals surface area contributed by atoms with Gasteiger partial charge in [0.05, 0.1) is 0 Å². The second-order valence-electron chi connectivity index (χ2n) is 4.63. The fourth-order valence-electron chi connectivity index (χ4n) is 3.04. The third kappa shape index (κ3) is 1.12. The van der Waals surface area contributed by atoms with Crippen molar-refractivity contribution in [2.45, 2.75) is 44.6 Å². The summed E-state index contributed by atoms with van der Waals surface area (Å²) in [5.74, 6) is 0. The van der Waals surface area contributed by atoms with Crippen molar-refractivity contribution in [1.82, 2.24) is 0 Å². The van der Waals surface area contributed by atoms with Crippen molar-refractivity contribution < 1.29 is 0 Å². The van der Waals surface area contributed by atoms with Crippen molar-refractivity contribution in [2.24, 2.45) is 5.73 Å². The first kappa shape index (κ1) is 8.49. The standard InChI is InChI=1S/C13H17N/c14-12-8-7-10-6-5-9-3-1-2-4-11(9)13(10)12/h5-6,12H,1-4,7-8,14H2. The molecule has 0 aliphatic heterocycles. The zero-order chi connectivity index (χ0) is 9.54. The Balaban J connectivity index is 2.18. The van der Waals surface area contributed by atoms with Crippen LogP contribution in [0.25, 0.3) is 0 Å². The molecule has 74 valence electrons. The molecule has 0 radical (unpaired) electrons. The number of fused-ring (bicyclic) bond motifs is 3. The van der Waals surface area contributed by atoms with Crippen molar-refractivity contribution in [2.75, 3.05) is 0 Å². The molecule has 2 N–H and O–H groups in total. The highest BCUT2D eigenvalue weighted by atomic mass is 14.6. The van der Waals surface area contributed by atoms with Crippen LogP contribution in [0.1, 0.15) is 47.6 Å². The third-order valence-corrected chi connectivity index (χ3v) is 3.76. The molecule has 3 rings (SSSR count). The summed E-state index contributed by atoms with van der Waals surface area (Å²) in [4.78, 5) is 0. The number of nitrogens with two attached hydrogens (primary N) is 1. The lowest BCUT2D eigenvalue weighted by atomic mass is 9.86. The first-order valence-electron chi connectivity index (χ1n) is 5.75. The quantitative estimate of drug-likeness (QED) is 0.663. The fraction of sp³-hybridized carbons (Fsp3) is 0.538. The summed E-state index contributed by atoms with van der Waals surface area (Å²) in [5, 5.41) is 0. The molecule has 0 spiro atoms. The lowest BCUT2D eigenvalue weighted by Gasteiger charge is -2.21. The Morgan fingerprint density at radius 1 is 1.00 bits per heavy atom. The number of rotatable bonds is 0. The molecule has 0 bridgehead atoms. The molecule has 2 aliphatic rings. The van der Waals surface area contributed by atoms with Crippen LogP contribution in [0.5, 0.6) is 0 Å². The predicted octanol–water partition coefficient (Wildman–Crippen LogP) is 2.51. The van der Waals surface area contributed by atoms with Crippen LogP contribution in [-0.2, 0) is 19.3 Å². The second kappa shape index (κ2) is 3.09. The number of hydrogen-bond donors (Lipinski definition) is 1. The van der Waals surface area contributed by atoms with E-state index in [0.717, 1.165) is 6.42 Å². The average molecular weight is 187 g/mol. The minimum atomic E-state index is 0.332. The van der Waals surface area contributed by atoms with E-state index in [4.69, 9.17) is 5.73 Å². The molecule has 1 unspecified atom stereocenters. The molecule has 1 nitrogen and oxygen atoms in total. The highest BCUT2D eigenvalue weighted by molar-refractivity contribution is 5.46. The topological polar surface area (TPSA) is 26.0 Å². The fourth-order valence-corrected chi connectivity index (χ4v) is 3.04. The van der Waals surface area contributed by atoms with Crippen LogP contribution in [0.4, 0.5) is 0 Å². The van der Waals surface area contributed by atoms with Gasteiger partial charge in [-0.05, 0) is 60.8 Å². The molecular formula is C13H17N. The summed E-state index contributed by atoms with van der Waals surface area (Å²) in [5.41, 5.74) is 12.4. The van der Waals surface area contributed by atoms with E-state index in [0.29, 0.717) is 6.04 Å². The number of hydrogen-bond acceptors (Lipinski definition) is 1. The summed E-state index contributed by atoms with van der Waals surface area (Å²) in [6.07, 6.45) is 7.62. The van der Waals surface area contributed by atoms with Crippen LogP contribution in [0.15, 0.2) is 12.1 Å². The van der Waals surface area contributed by atoms with Gasteiger partial charge in [0.25, 0.3) is 0 Å². The smallest absolute Gasteiger partial charge is 0.0303 e. The van der Waals surface area contributed by atoms with Crippen molar-refractivity contribution in [3.05, 3.63) is 34.4 Å². The highest BCUT2D eigenvalue weighted by Crippen LogP contribution is 2.36. The van der Waals surface area contributed by atoms with E-state index in [1.165, 1.54) is 43.2 Å². The zero-order valence-electron chi connectivity index (χ0n) is 8.55. The molecule has 0 amide bonds. The minimum Gasteiger partial charge on any atom is -0.324 e. The van der Waals surface area contributed by atoms with E-state index in [1.54, 1.807) is 11.1 Å². The molecule has 0 heterocycles. The Labute approximate surface area is 85.3 Å². The van der Waals surface area contributed by atoms with E-state index < -0.39 is 0 Å².